The maximum atomic E-state index is 12.9. The number of hydrogen-bond donors (Lipinski definition) is 0. The standard InChI is InChI=1S/C24H23ClN2O2S/c1-26(13-11-17-5-3-2-4-6-17)24(29)22-15-19-16-27(14-12-21(19)30-22)23(28)18-7-9-20(25)10-8-18/h2-10,15H,11-14,16H2,1H3. The number of carbonyl (C=O) groups is 2. The van der Waals surface area contributed by atoms with Crippen LogP contribution in [-0.2, 0) is 19.4 Å². The van der Waals surface area contributed by atoms with Gasteiger partial charge in [0.15, 0.2) is 0 Å². The highest BCUT2D eigenvalue weighted by Gasteiger charge is 2.26. The summed E-state index contributed by atoms with van der Waals surface area (Å²) in [6.45, 7) is 1.87. The van der Waals surface area contributed by atoms with E-state index in [9.17, 15) is 9.59 Å². The van der Waals surface area contributed by atoms with E-state index in [1.807, 2.05) is 36.2 Å². The van der Waals surface area contributed by atoms with Crippen molar-refractivity contribution in [3.8, 4) is 0 Å². The SMILES string of the molecule is CN(CCc1ccccc1)C(=O)c1cc2c(s1)CCN(C(=O)c1ccc(Cl)cc1)C2. The Hall–Kier alpha value is -2.63. The Morgan fingerprint density at radius 3 is 2.57 bits per heavy atom. The molecule has 4 rings (SSSR count). The summed E-state index contributed by atoms with van der Waals surface area (Å²) >= 11 is 7.48. The first-order valence-electron chi connectivity index (χ1n) is 9.97. The third-order valence-electron chi connectivity index (χ3n) is 5.38. The molecule has 0 spiro atoms. The van der Waals surface area contributed by atoms with Crippen molar-refractivity contribution in [2.75, 3.05) is 20.1 Å². The van der Waals surface area contributed by atoms with Crippen LogP contribution >= 0.6 is 22.9 Å². The molecule has 4 nitrogen and oxygen atoms in total. The lowest BCUT2D eigenvalue weighted by Crippen LogP contribution is -2.35. The highest BCUT2D eigenvalue weighted by Crippen LogP contribution is 2.29. The predicted molar refractivity (Wildman–Crippen MR) is 121 cm³/mol. The quantitative estimate of drug-likeness (QED) is 0.567. The molecule has 2 aromatic carbocycles. The van der Waals surface area contributed by atoms with Gasteiger partial charge in [0.05, 0.1) is 4.88 Å². The largest absolute Gasteiger partial charge is 0.341 e. The lowest BCUT2D eigenvalue weighted by Gasteiger charge is -2.27. The van der Waals surface area contributed by atoms with Gasteiger partial charge in [0, 0.05) is 42.1 Å². The summed E-state index contributed by atoms with van der Waals surface area (Å²) in [5, 5.41) is 0.616. The van der Waals surface area contributed by atoms with Gasteiger partial charge in [-0.1, -0.05) is 41.9 Å². The van der Waals surface area contributed by atoms with E-state index in [1.165, 1.54) is 10.4 Å². The second-order valence-corrected chi connectivity index (χ2v) is 9.08. The van der Waals surface area contributed by atoms with Gasteiger partial charge in [-0.15, -0.1) is 11.3 Å². The Labute approximate surface area is 185 Å². The molecule has 1 aliphatic rings. The van der Waals surface area contributed by atoms with Crippen LogP contribution in [0.2, 0.25) is 5.02 Å². The van der Waals surface area contributed by atoms with E-state index < -0.39 is 0 Å². The number of nitrogens with zero attached hydrogens (tertiary/aromatic N) is 2. The minimum atomic E-state index is -0.00336. The smallest absolute Gasteiger partial charge is 0.263 e. The van der Waals surface area contributed by atoms with E-state index in [2.05, 4.69) is 12.1 Å². The third-order valence-corrected chi connectivity index (χ3v) is 6.86. The molecule has 0 bridgehead atoms. The molecule has 154 valence electrons. The highest BCUT2D eigenvalue weighted by molar-refractivity contribution is 7.14. The lowest BCUT2D eigenvalue weighted by molar-refractivity contribution is 0.0735. The van der Waals surface area contributed by atoms with Crippen LogP contribution < -0.4 is 0 Å². The molecule has 0 saturated heterocycles. The van der Waals surface area contributed by atoms with Crippen LogP contribution in [0.25, 0.3) is 0 Å². The molecule has 0 fully saturated rings. The number of thiophene rings is 1. The van der Waals surface area contributed by atoms with Crippen LogP contribution in [0.5, 0.6) is 0 Å². The summed E-state index contributed by atoms with van der Waals surface area (Å²) in [6.07, 6.45) is 1.61. The Morgan fingerprint density at radius 2 is 1.83 bits per heavy atom. The van der Waals surface area contributed by atoms with Crippen molar-refractivity contribution < 1.29 is 9.59 Å². The van der Waals surface area contributed by atoms with E-state index in [-0.39, 0.29) is 11.8 Å². The zero-order valence-corrected chi connectivity index (χ0v) is 18.4. The second-order valence-electron chi connectivity index (χ2n) is 7.50. The number of benzene rings is 2. The maximum absolute atomic E-state index is 12.9. The van der Waals surface area contributed by atoms with E-state index in [1.54, 1.807) is 40.5 Å². The van der Waals surface area contributed by atoms with Crippen LogP contribution in [0, 0.1) is 0 Å². The maximum Gasteiger partial charge on any atom is 0.263 e. The van der Waals surface area contributed by atoms with Crippen LogP contribution in [-0.4, -0.2) is 41.8 Å². The normalized spacial score (nSPS) is 13.1. The predicted octanol–water partition coefficient (Wildman–Crippen LogP) is 4.91. The zero-order chi connectivity index (χ0) is 21.1. The fourth-order valence-electron chi connectivity index (χ4n) is 3.62. The summed E-state index contributed by atoms with van der Waals surface area (Å²) in [5.41, 5.74) is 2.93. The van der Waals surface area contributed by atoms with Crippen LogP contribution in [0.1, 0.15) is 36.0 Å². The summed E-state index contributed by atoms with van der Waals surface area (Å²) < 4.78 is 0. The molecule has 0 saturated carbocycles. The van der Waals surface area contributed by atoms with Crippen molar-refractivity contribution in [2.24, 2.45) is 0 Å². The Bertz CT molecular complexity index is 1050. The molecule has 0 aliphatic carbocycles. The Balaban J connectivity index is 1.41. The minimum absolute atomic E-state index is 0.00336. The topological polar surface area (TPSA) is 40.6 Å². The summed E-state index contributed by atoms with van der Waals surface area (Å²) in [6, 6.07) is 19.1. The number of likely N-dealkylation sites (N-methyl/N-ethyl adjacent to an activating group) is 1. The molecule has 6 heteroatoms. The Morgan fingerprint density at radius 1 is 1.10 bits per heavy atom. The van der Waals surface area contributed by atoms with Crippen molar-refractivity contribution in [3.05, 3.63) is 92.1 Å². The molecule has 30 heavy (non-hydrogen) atoms. The monoisotopic (exact) mass is 438 g/mol. The van der Waals surface area contributed by atoms with E-state index >= 15 is 0 Å². The molecule has 3 aromatic rings. The molecule has 0 radical (unpaired) electrons. The molecular weight excluding hydrogens is 416 g/mol. The van der Waals surface area contributed by atoms with Gasteiger partial charge < -0.3 is 9.80 Å². The average molecular weight is 439 g/mol. The molecule has 0 atom stereocenters. The molecule has 2 heterocycles. The van der Waals surface area contributed by atoms with Crippen LogP contribution in [0.15, 0.2) is 60.7 Å². The first kappa shape index (κ1) is 20.6. The number of hydrogen-bond acceptors (Lipinski definition) is 3. The molecule has 0 unspecified atom stereocenters. The van der Waals surface area contributed by atoms with Crippen molar-refractivity contribution in [1.29, 1.82) is 0 Å². The van der Waals surface area contributed by atoms with Crippen molar-refractivity contribution in [2.45, 2.75) is 19.4 Å². The van der Waals surface area contributed by atoms with Crippen LogP contribution in [0.4, 0.5) is 0 Å². The first-order valence-corrected chi connectivity index (χ1v) is 11.2. The van der Waals surface area contributed by atoms with Gasteiger partial charge in [0.1, 0.15) is 0 Å². The van der Waals surface area contributed by atoms with Gasteiger partial charge in [-0.05, 0) is 54.3 Å². The zero-order valence-electron chi connectivity index (χ0n) is 16.8. The lowest BCUT2D eigenvalue weighted by atomic mass is 10.1. The minimum Gasteiger partial charge on any atom is -0.341 e. The fraction of sp³-hybridized carbons (Fsp3) is 0.250. The van der Waals surface area contributed by atoms with Crippen LogP contribution in [0.3, 0.4) is 0 Å². The highest BCUT2D eigenvalue weighted by atomic mass is 35.5. The molecule has 0 N–H and O–H groups in total. The summed E-state index contributed by atoms with van der Waals surface area (Å²) in [4.78, 5) is 31.3. The first-order chi connectivity index (χ1) is 14.5. The number of amides is 2. The van der Waals surface area contributed by atoms with Gasteiger partial charge in [0.2, 0.25) is 0 Å². The Kier molecular flexibility index (Phi) is 6.21. The molecule has 1 aliphatic heterocycles. The molecular formula is C24H23ClN2O2S. The van der Waals surface area contributed by atoms with E-state index in [4.69, 9.17) is 11.6 Å². The third kappa shape index (κ3) is 4.58. The fourth-order valence-corrected chi connectivity index (χ4v) is 4.90. The molecule has 1 aromatic heterocycles. The summed E-state index contributed by atoms with van der Waals surface area (Å²) in [5.74, 6) is 0.0391. The number of fused-ring (bicyclic) bond motifs is 1. The van der Waals surface area contributed by atoms with Gasteiger partial charge in [-0.25, -0.2) is 0 Å². The van der Waals surface area contributed by atoms with Gasteiger partial charge >= 0.3 is 0 Å². The average Bonchev–Trinajstić information content (AvgIpc) is 3.21. The number of rotatable bonds is 5. The van der Waals surface area contributed by atoms with E-state index in [0.29, 0.717) is 30.2 Å². The van der Waals surface area contributed by atoms with Crippen molar-refractivity contribution >= 4 is 34.8 Å². The molecule has 2 amide bonds. The summed E-state index contributed by atoms with van der Waals surface area (Å²) in [7, 11) is 1.85. The van der Waals surface area contributed by atoms with Crippen molar-refractivity contribution in [1.82, 2.24) is 9.80 Å². The number of carbonyl (C=O) groups excluding carboxylic acids is 2. The van der Waals surface area contributed by atoms with Gasteiger partial charge in [-0.2, -0.15) is 0 Å². The van der Waals surface area contributed by atoms with Gasteiger partial charge in [-0.3, -0.25) is 9.59 Å². The second kappa shape index (κ2) is 9.02. The van der Waals surface area contributed by atoms with Gasteiger partial charge in [0.25, 0.3) is 11.8 Å². The van der Waals surface area contributed by atoms with Crippen molar-refractivity contribution in [3.63, 3.8) is 0 Å². The number of halogens is 1. The van der Waals surface area contributed by atoms with E-state index in [0.717, 1.165) is 23.3 Å².